The van der Waals surface area contributed by atoms with Gasteiger partial charge in [-0.3, -0.25) is 4.79 Å². The van der Waals surface area contributed by atoms with E-state index in [-0.39, 0.29) is 11.3 Å². The molecule has 9 heteroatoms. The molecule has 1 aromatic carbocycles. The number of anilines is 1. The van der Waals surface area contributed by atoms with Crippen molar-refractivity contribution in [2.24, 2.45) is 0 Å². The minimum Gasteiger partial charge on any atom is -0.478 e. The molecule has 1 aliphatic heterocycles. The summed E-state index contributed by atoms with van der Waals surface area (Å²) < 4.78 is 5.11. The van der Waals surface area contributed by atoms with Crippen LogP contribution in [0.15, 0.2) is 24.3 Å². The van der Waals surface area contributed by atoms with Crippen molar-refractivity contribution in [1.29, 1.82) is 0 Å². The summed E-state index contributed by atoms with van der Waals surface area (Å²) in [6.07, 6.45) is 0.241. The van der Waals surface area contributed by atoms with Crippen LogP contribution in [0.4, 0.5) is 15.3 Å². The molecular formula is C18H23N3O6. The average molecular weight is 377 g/mol. The van der Waals surface area contributed by atoms with E-state index in [1.54, 1.807) is 20.8 Å². The number of carbonyl (C=O) groups excluding carboxylic acids is 3. The molecule has 3 N–H and O–H groups in total. The third-order valence-corrected chi connectivity index (χ3v) is 3.71. The number of urea groups is 1. The number of rotatable bonds is 6. The van der Waals surface area contributed by atoms with E-state index < -0.39 is 35.6 Å². The zero-order valence-electron chi connectivity index (χ0n) is 15.4. The second-order valence-corrected chi connectivity index (χ2v) is 7.10. The second-order valence-electron chi connectivity index (χ2n) is 7.10. The van der Waals surface area contributed by atoms with Gasteiger partial charge < -0.3 is 20.5 Å². The maximum Gasteiger partial charge on any atom is 0.407 e. The number of carbonyl (C=O) groups is 4. The Morgan fingerprint density at radius 1 is 1.30 bits per heavy atom. The van der Waals surface area contributed by atoms with Crippen molar-refractivity contribution in [3.05, 3.63) is 29.8 Å². The lowest BCUT2D eigenvalue weighted by Gasteiger charge is -2.19. The van der Waals surface area contributed by atoms with Crippen molar-refractivity contribution in [3.63, 3.8) is 0 Å². The van der Waals surface area contributed by atoms with E-state index in [2.05, 4.69) is 10.6 Å². The second kappa shape index (κ2) is 8.07. The van der Waals surface area contributed by atoms with Crippen molar-refractivity contribution in [2.75, 3.05) is 11.4 Å². The Hall–Kier alpha value is -3.10. The van der Waals surface area contributed by atoms with Gasteiger partial charge in [0.1, 0.15) is 11.6 Å². The highest BCUT2D eigenvalue weighted by Crippen LogP contribution is 2.22. The molecule has 0 aromatic heterocycles. The molecule has 4 amide bonds. The summed E-state index contributed by atoms with van der Waals surface area (Å²) in [6, 6.07) is 4.28. The molecule has 0 bridgehead atoms. The van der Waals surface area contributed by atoms with Crippen LogP contribution in [0.5, 0.6) is 0 Å². The molecule has 0 saturated carbocycles. The highest BCUT2D eigenvalue weighted by molar-refractivity contribution is 6.21. The number of imide groups is 1. The highest BCUT2D eigenvalue weighted by Gasteiger charge is 2.38. The van der Waals surface area contributed by atoms with Gasteiger partial charge >= 0.3 is 18.1 Å². The van der Waals surface area contributed by atoms with Crippen LogP contribution in [-0.4, -0.2) is 47.3 Å². The number of ether oxygens (including phenoxy) is 1. The van der Waals surface area contributed by atoms with Crippen molar-refractivity contribution < 1.29 is 29.0 Å². The van der Waals surface area contributed by atoms with Crippen LogP contribution >= 0.6 is 0 Å². The first kappa shape index (κ1) is 20.2. The van der Waals surface area contributed by atoms with Crippen molar-refractivity contribution in [2.45, 2.75) is 45.3 Å². The predicted octanol–water partition coefficient (Wildman–Crippen LogP) is 2.11. The molecule has 0 aliphatic carbocycles. The van der Waals surface area contributed by atoms with Gasteiger partial charge in [0.2, 0.25) is 0 Å². The van der Waals surface area contributed by atoms with E-state index in [0.717, 1.165) is 4.90 Å². The van der Waals surface area contributed by atoms with Gasteiger partial charge in [0.15, 0.2) is 0 Å². The molecule has 1 atom stereocenters. The Morgan fingerprint density at radius 2 is 2.00 bits per heavy atom. The first-order valence-electron chi connectivity index (χ1n) is 8.53. The highest BCUT2D eigenvalue weighted by atomic mass is 16.6. The summed E-state index contributed by atoms with van der Waals surface area (Å²) in [5, 5.41) is 14.2. The van der Waals surface area contributed by atoms with Crippen molar-refractivity contribution >= 4 is 29.7 Å². The Morgan fingerprint density at radius 3 is 2.63 bits per heavy atom. The molecule has 27 heavy (non-hydrogen) atoms. The molecule has 1 fully saturated rings. The number of nitrogens with zero attached hydrogens (tertiary/aromatic N) is 1. The zero-order chi connectivity index (χ0) is 20.2. The lowest BCUT2D eigenvalue weighted by atomic mass is 10.1. The van der Waals surface area contributed by atoms with Crippen molar-refractivity contribution in [3.8, 4) is 0 Å². The smallest absolute Gasteiger partial charge is 0.407 e. The SMILES string of the molecule is CC(C)(C)OC(=O)NCCC[C@@H]1NC(=O)N(c2cccc(C(=O)O)c2)C1=O. The van der Waals surface area contributed by atoms with Crippen LogP contribution in [0, 0.1) is 0 Å². The van der Waals surface area contributed by atoms with E-state index in [0.29, 0.717) is 19.4 Å². The summed E-state index contributed by atoms with van der Waals surface area (Å²) in [4.78, 5) is 48.2. The number of aromatic carboxylic acids is 1. The van der Waals surface area contributed by atoms with Crippen LogP contribution in [0.3, 0.4) is 0 Å². The topological polar surface area (TPSA) is 125 Å². The van der Waals surface area contributed by atoms with Gasteiger partial charge in [-0.2, -0.15) is 0 Å². The third kappa shape index (κ3) is 5.44. The fraction of sp³-hybridized carbons (Fsp3) is 0.444. The number of nitrogens with one attached hydrogen (secondary N) is 2. The average Bonchev–Trinajstić information content (AvgIpc) is 2.84. The van der Waals surface area contributed by atoms with E-state index in [1.165, 1.54) is 24.3 Å². The van der Waals surface area contributed by atoms with Crippen LogP contribution in [0.1, 0.15) is 44.0 Å². The number of hydrogen-bond donors (Lipinski definition) is 3. The molecule has 9 nitrogen and oxygen atoms in total. The summed E-state index contributed by atoms with van der Waals surface area (Å²) >= 11 is 0. The Kier molecular flexibility index (Phi) is 6.04. The molecule has 2 rings (SSSR count). The van der Waals surface area contributed by atoms with Crippen LogP contribution in [0.2, 0.25) is 0 Å². The van der Waals surface area contributed by atoms with Gasteiger partial charge in [-0.15, -0.1) is 0 Å². The maximum absolute atomic E-state index is 12.5. The lowest BCUT2D eigenvalue weighted by molar-refractivity contribution is -0.118. The Labute approximate surface area is 156 Å². The Bertz CT molecular complexity index is 756. The number of hydrogen-bond acceptors (Lipinski definition) is 5. The van der Waals surface area contributed by atoms with E-state index in [1.807, 2.05) is 0 Å². The van der Waals surface area contributed by atoms with Gasteiger partial charge in [0, 0.05) is 6.54 Å². The quantitative estimate of drug-likeness (QED) is 0.515. The molecule has 0 spiro atoms. The molecule has 1 saturated heterocycles. The van der Waals surface area contributed by atoms with E-state index in [9.17, 15) is 19.2 Å². The fourth-order valence-electron chi connectivity index (χ4n) is 2.56. The number of alkyl carbamates (subject to hydrolysis) is 1. The number of benzene rings is 1. The molecule has 1 aromatic rings. The van der Waals surface area contributed by atoms with Gasteiger partial charge in [-0.05, 0) is 51.8 Å². The van der Waals surface area contributed by atoms with Gasteiger partial charge in [0.25, 0.3) is 5.91 Å². The first-order chi connectivity index (χ1) is 12.6. The van der Waals surface area contributed by atoms with Crippen LogP contribution in [-0.2, 0) is 9.53 Å². The molecule has 1 heterocycles. The van der Waals surface area contributed by atoms with Gasteiger partial charge in [-0.25, -0.2) is 19.3 Å². The summed E-state index contributed by atoms with van der Waals surface area (Å²) in [5.41, 5.74) is -0.408. The van der Waals surface area contributed by atoms with Crippen LogP contribution in [0.25, 0.3) is 0 Å². The third-order valence-electron chi connectivity index (χ3n) is 3.71. The van der Waals surface area contributed by atoms with E-state index in [4.69, 9.17) is 9.84 Å². The standard InChI is InChI=1S/C18H23N3O6/c1-18(2,3)27-17(26)19-9-5-8-13-14(22)21(16(25)20-13)12-7-4-6-11(10-12)15(23)24/h4,6-7,10,13H,5,8-9H2,1-3H3,(H,19,26)(H,20,25)(H,23,24)/t13-/m0/s1. The summed E-state index contributed by atoms with van der Waals surface area (Å²) in [5.74, 6) is -1.60. The van der Waals surface area contributed by atoms with Gasteiger partial charge in [0.05, 0.1) is 11.3 Å². The molecule has 0 unspecified atom stereocenters. The summed E-state index contributed by atoms with van der Waals surface area (Å²) in [6.45, 7) is 5.57. The monoisotopic (exact) mass is 377 g/mol. The molecule has 1 aliphatic rings. The zero-order valence-corrected chi connectivity index (χ0v) is 15.4. The van der Waals surface area contributed by atoms with Gasteiger partial charge in [-0.1, -0.05) is 6.07 Å². The number of carboxylic acid groups (broad SMARTS) is 1. The minimum atomic E-state index is -1.14. The van der Waals surface area contributed by atoms with Crippen LogP contribution < -0.4 is 15.5 Å². The first-order valence-corrected chi connectivity index (χ1v) is 8.53. The summed E-state index contributed by atoms with van der Waals surface area (Å²) in [7, 11) is 0. The minimum absolute atomic E-state index is 0.0156. The molecule has 0 radical (unpaired) electrons. The molecule has 146 valence electrons. The number of amides is 4. The molecular weight excluding hydrogens is 354 g/mol. The van der Waals surface area contributed by atoms with Crippen molar-refractivity contribution in [1.82, 2.24) is 10.6 Å². The number of carboxylic acids is 1. The Balaban J connectivity index is 1.90. The maximum atomic E-state index is 12.5. The predicted molar refractivity (Wildman–Crippen MR) is 96.7 cm³/mol. The fourth-order valence-corrected chi connectivity index (χ4v) is 2.56. The normalized spacial score (nSPS) is 16.9. The lowest BCUT2D eigenvalue weighted by Crippen LogP contribution is -2.34. The largest absolute Gasteiger partial charge is 0.478 e. The van der Waals surface area contributed by atoms with E-state index >= 15 is 0 Å².